The van der Waals surface area contributed by atoms with Crippen molar-refractivity contribution in [3.63, 3.8) is 0 Å². The Morgan fingerprint density at radius 1 is 1.38 bits per heavy atom. The molecule has 0 aromatic heterocycles. The molecule has 0 radical (unpaired) electrons. The lowest BCUT2D eigenvalue weighted by Crippen LogP contribution is -2.47. The average Bonchev–Trinajstić information content (AvgIpc) is 2.47. The predicted molar refractivity (Wildman–Crippen MR) is 94.0 cm³/mol. The van der Waals surface area contributed by atoms with Gasteiger partial charge in [-0.15, -0.1) is 0 Å². The van der Waals surface area contributed by atoms with Gasteiger partial charge in [-0.25, -0.2) is 0 Å². The molecule has 0 aliphatic heterocycles. The Morgan fingerprint density at radius 3 is 2.76 bits per heavy atom. The van der Waals surface area contributed by atoms with Crippen LogP contribution in [0.2, 0.25) is 0 Å². The Balaban J connectivity index is 2.20. The van der Waals surface area contributed by atoms with Gasteiger partial charge in [0.2, 0.25) is 0 Å². The maximum absolute atomic E-state index is 13.1. The molecular formula is C17H26BrNOS. The van der Waals surface area contributed by atoms with Gasteiger partial charge in [0.15, 0.2) is 0 Å². The number of benzene rings is 1. The van der Waals surface area contributed by atoms with E-state index in [1.165, 1.54) is 6.42 Å². The normalized spacial score (nSPS) is 27.8. The van der Waals surface area contributed by atoms with Crippen LogP contribution >= 0.6 is 15.9 Å². The van der Waals surface area contributed by atoms with E-state index < -0.39 is 10.8 Å². The van der Waals surface area contributed by atoms with Gasteiger partial charge < -0.3 is 5.32 Å². The van der Waals surface area contributed by atoms with Gasteiger partial charge in [0, 0.05) is 15.4 Å². The zero-order valence-electron chi connectivity index (χ0n) is 13.1. The summed E-state index contributed by atoms with van der Waals surface area (Å²) in [5, 5.41) is 3.78. The van der Waals surface area contributed by atoms with E-state index in [-0.39, 0.29) is 5.25 Å². The molecule has 4 atom stereocenters. The SMILES string of the molecule is CCNC1CCC(C(C)C)CC1S(=O)c1cccc(Br)c1. The van der Waals surface area contributed by atoms with Crippen LogP contribution in [0.1, 0.15) is 40.0 Å². The Bertz CT molecular complexity index is 491. The molecule has 1 aliphatic rings. The van der Waals surface area contributed by atoms with Gasteiger partial charge in [0.05, 0.1) is 16.0 Å². The summed E-state index contributed by atoms with van der Waals surface area (Å²) in [5.41, 5.74) is 0. The minimum atomic E-state index is -0.941. The lowest BCUT2D eigenvalue weighted by Gasteiger charge is -2.37. The van der Waals surface area contributed by atoms with Crippen molar-refractivity contribution in [1.29, 1.82) is 0 Å². The van der Waals surface area contributed by atoms with Crippen LogP contribution in [-0.2, 0) is 10.8 Å². The maximum Gasteiger partial charge on any atom is 0.0577 e. The van der Waals surface area contributed by atoms with Gasteiger partial charge in [-0.1, -0.05) is 42.8 Å². The van der Waals surface area contributed by atoms with Crippen LogP contribution in [0.4, 0.5) is 0 Å². The number of hydrogen-bond acceptors (Lipinski definition) is 2. The molecule has 2 nitrogen and oxygen atoms in total. The van der Waals surface area contributed by atoms with Crippen molar-refractivity contribution >= 4 is 26.7 Å². The Kier molecular flexibility index (Phi) is 6.45. The molecule has 4 heteroatoms. The van der Waals surface area contributed by atoms with E-state index in [2.05, 4.69) is 42.0 Å². The van der Waals surface area contributed by atoms with Crippen molar-refractivity contribution < 1.29 is 4.21 Å². The predicted octanol–water partition coefficient (Wildman–Crippen LogP) is 4.36. The molecule has 2 rings (SSSR count). The van der Waals surface area contributed by atoms with Crippen LogP contribution in [-0.4, -0.2) is 22.0 Å². The first kappa shape index (κ1) is 17.2. The molecule has 1 aromatic rings. The van der Waals surface area contributed by atoms with E-state index >= 15 is 0 Å². The summed E-state index contributed by atoms with van der Waals surface area (Å²) in [6.45, 7) is 7.66. The molecule has 0 saturated heterocycles. The second kappa shape index (κ2) is 7.89. The summed E-state index contributed by atoms with van der Waals surface area (Å²) in [6.07, 6.45) is 3.46. The third kappa shape index (κ3) is 4.40. The zero-order valence-corrected chi connectivity index (χ0v) is 15.5. The van der Waals surface area contributed by atoms with Crippen molar-refractivity contribution in [2.24, 2.45) is 11.8 Å². The molecule has 1 N–H and O–H groups in total. The van der Waals surface area contributed by atoms with E-state index in [4.69, 9.17) is 0 Å². The molecule has 1 saturated carbocycles. The molecule has 0 bridgehead atoms. The van der Waals surface area contributed by atoms with Crippen LogP contribution in [0.15, 0.2) is 33.6 Å². The van der Waals surface area contributed by atoms with Crippen molar-refractivity contribution in [2.75, 3.05) is 6.54 Å². The van der Waals surface area contributed by atoms with E-state index in [1.54, 1.807) is 0 Å². The quantitative estimate of drug-likeness (QED) is 0.832. The minimum absolute atomic E-state index is 0.223. The summed E-state index contributed by atoms with van der Waals surface area (Å²) in [4.78, 5) is 0.946. The molecule has 0 spiro atoms. The minimum Gasteiger partial charge on any atom is -0.313 e. The fourth-order valence-corrected chi connectivity index (χ4v) is 5.57. The molecule has 1 aliphatic carbocycles. The second-order valence-corrected chi connectivity index (χ2v) is 8.86. The van der Waals surface area contributed by atoms with E-state index in [1.807, 2.05) is 24.3 Å². The van der Waals surface area contributed by atoms with Crippen molar-refractivity contribution in [1.82, 2.24) is 5.32 Å². The van der Waals surface area contributed by atoms with Crippen molar-refractivity contribution in [3.05, 3.63) is 28.7 Å². The topological polar surface area (TPSA) is 29.1 Å². The highest BCUT2D eigenvalue weighted by molar-refractivity contribution is 9.10. The average molecular weight is 372 g/mol. The number of rotatable bonds is 5. The standard InChI is InChI=1S/C17H26BrNOS/c1-4-19-16-9-8-13(12(2)3)10-17(16)21(20)15-7-5-6-14(18)11-15/h5-7,11-13,16-17,19H,4,8-10H2,1-3H3. The smallest absolute Gasteiger partial charge is 0.0577 e. The van der Waals surface area contributed by atoms with E-state index in [9.17, 15) is 4.21 Å². The van der Waals surface area contributed by atoms with Crippen LogP contribution in [0.3, 0.4) is 0 Å². The molecule has 0 heterocycles. The highest BCUT2D eigenvalue weighted by Gasteiger charge is 2.35. The first-order chi connectivity index (χ1) is 10.0. The Hall–Kier alpha value is -0.190. The first-order valence-corrected chi connectivity index (χ1v) is 9.93. The molecule has 118 valence electrons. The highest BCUT2D eigenvalue weighted by Crippen LogP contribution is 2.34. The van der Waals surface area contributed by atoms with Crippen LogP contribution in [0.25, 0.3) is 0 Å². The van der Waals surface area contributed by atoms with Gasteiger partial charge >= 0.3 is 0 Å². The van der Waals surface area contributed by atoms with Gasteiger partial charge in [-0.2, -0.15) is 0 Å². The maximum atomic E-state index is 13.1. The zero-order chi connectivity index (χ0) is 15.4. The highest BCUT2D eigenvalue weighted by atomic mass is 79.9. The second-order valence-electron chi connectivity index (χ2n) is 6.27. The summed E-state index contributed by atoms with van der Waals surface area (Å²) in [5.74, 6) is 1.37. The van der Waals surface area contributed by atoms with E-state index in [0.29, 0.717) is 17.9 Å². The Labute approximate surface area is 139 Å². The number of nitrogens with one attached hydrogen (secondary N) is 1. The lowest BCUT2D eigenvalue weighted by atomic mass is 9.79. The van der Waals surface area contributed by atoms with E-state index in [0.717, 1.165) is 28.8 Å². The van der Waals surface area contributed by atoms with Crippen LogP contribution in [0.5, 0.6) is 0 Å². The molecule has 1 aromatic carbocycles. The van der Waals surface area contributed by atoms with Crippen LogP contribution < -0.4 is 5.32 Å². The summed E-state index contributed by atoms with van der Waals surface area (Å²) in [7, 11) is -0.941. The summed E-state index contributed by atoms with van der Waals surface area (Å²) < 4.78 is 14.1. The third-order valence-electron chi connectivity index (χ3n) is 4.54. The fraction of sp³-hybridized carbons (Fsp3) is 0.647. The molecule has 21 heavy (non-hydrogen) atoms. The molecule has 1 fully saturated rings. The van der Waals surface area contributed by atoms with Gasteiger partial charge in [-0.05, 0) is 55.8 Å². The fourth-order valence-electron chi connectivity index (χ4n) is 3.26. The number of halogens is 1. The lowest BCUT2D eigenvalue weighted by molar-refractivity contribution is 0.245. The molecular weight excluding hydrogens is 346 g/mol. The van der Waals surface area contributed by atoms with Crippen molar-refractivity contribution in [3.8, 4) is 0 Å². The summed E-state index contributed by atoms with van der Waals surface area (Å²) >= 11 is 3.49. The first-order valence-electron chi connectivity index (χ1n) is 7.92. The molecule has 4 unspecified atom stereocenters. The largest absolute Gasteiger partial charge is 0.313 e. The molecule has 0 amide bonds. The summed E-state index contributed by atoms with van der Waals surface area (Å²) in [6, 6.07) is 8.33. The van der Waals surface area contributed by atoms with Gasteiger partial charge in [-0.3, -0.25) is 4.21 Å². The number of hydrogen-bond donors (Lipinski definition) is 1. The van der Waals surface area contributed by atoms with Gasteiger partial charge in [0.1, 0.15) is 0 Å². The van der Waals surface area contributed by atoms with Gasteiger partial charge in [0.25, 0.3) is 0 Å². The van der Waals surface area contributed by atoms with Crippen LogP contribution in [0, 0.1) is 11.8 Å². The van der Waals surface area contributed by atoms with Crippen molar-refractivity contribution in [2.45, 2.75) is 56.2 Å². The monoisotopic (exact) mass is 371 g/mol. The Morgan fingerprint density at radius 2 is 2.14 bits per heavy atom. The third-order valence-corrected chi connectivity index (χ3v) is 6.83.